The van der Waals surface area contributed by atoms with Crippen LogP contribution in [0.15, 0.2) is 127 Å². The van der Waals surface area contributed by atoms with Crippen LogP contribution in [-0.2, 0) is 19.6 Å². The molecular weight excluding hydrogens is 734 g/mol. The molecule has 7 nitrogen and oxygen atoms in total. The molecule has 0 aliphatic carbocycles. The maximum Gasteiger partial charge on any atom is 0.216 e. The highest BCUT2D eigenvalue weighted by Crippen LogP contribution is 2.25. The Morgan fingerprint density at radius 2 is 1.04 bits per heavy atom. The van der Waals surface area contributed by atoms with Crippen molar-refractivity contribution in [3.8, 4) is 11.6 Å². The molecule has 4 heterocycles. The molecule has 0 spiro atoms. The first-order valence-corrected chi connectivity index (χ1v) is 21.0. The molecule has 3 fully saturated rings. The van der Waals surface area contributed by atoms with Crippen LogP contribution in [0.25, 0.3) is 5.69 Å². The van der Waals surface area contributed by atoms with Gasteiger partial charge in [0.2, 0.25) is 5.88 Å². The minimum atomic E-state index is 0.298. The van der Waals surface area contributed by atoms with Crippen molar-refractivity contribution in [1.29, 1.82) is 0 Å². The molecule has 54 heavy (non-hydrogen) atoms. The number of hydrogen-bond donors (Lipinski definition) is 1. The fourth-order valence-electron chi connectivity index (χ4n) is 7.85. The van der Waals surface area contributed by atoms with E-state index >= 15 is 0 Å². The Bertz CT molecular complexity index is 1700. The summed E-state index contributed by atoms with van der Waals surface area (Å²) < 4.78 is 8.12. The second kappa shape index (κ2) is 21.3. The van der Waals surface area contributed by atoms with E-state index in [2.05, 4.69) is 133 Å². The Morgan fingerprint density at radius 1 is 0.611 bits per heavy atom. The zero-order valence-corrected chi connectivity index (χ0v) is 33.5. The number of aromatic nitrogens is 2. The summed E-state index contributed by atoms with van der Waals surface area (Å²) in [6.07, 6.45) is 7.48. The molecule has 3 unspecified atom stereocenters. The van der Waals surface area contributed by atoms with Gasteiger partial charge in [-0.2, -0.15) is 5.10 Å². The van der Waals surface area contributed by atoms with Gasteiger partial charge in [-0.15, -0.1) is 0 Å². The predicted molar refractivity (Wildman–Crippen MR) is 224 cm³/mol. The quantitative estimate of drug-likeness (QED) is 0.128. The summed E-state index contributed by atoms with van der Waals surface area (Å²) in [5.74, 6) is 0.820. The van der Waals surface area contributed by atoms with Gasteiger partial charge in [0.25, 0.3) is 0 Å². The highest BCUT2D eigenvalue weighted by molar-refractivity contribution is 9.09. The number of ether oxygens (including phenoxy) is 1. The number of aliphatic hydroxyl groups is 1. The van der Waals surface area contributed by atoms with E-state index in [1.807, 2.05) is 41.9 Å². The largest absolute Gasteiger partial charge is 0.476 e. The molecule has 1 N–H and O–H groups in total. The monoisotopic (exact) mass is 791 g/mol. The van der Waals surface area contributed by atoms with Gasteiger partial charge in [-0.1, -0.05) is 125 Å². The molecule has 5 aromatic rings. The Balaban J connectivity index is 0.000000151. The summed E-state index contributed by atoms with van der Waals surface area (Å²) in [6, 6.07) is 45.7. The van der Waals surface area contributed by atoms with E-state index in [-0.39, 0.29) is 0 Å². The molecule has 3 atom stereocenters. The first-order chi connectivity index (χ1) is 26.6. The molecule has 0 amide bonds. The highest BCUT2D eigenvalue weighted by atomic mass is 79.9. The van der Waals surface area contributed by atoms with E-state index in [1.54, 1.807) is 0 Å². The Labute approximate surface area is 331 Å². The van der Waals surface area contributed by atoms with Crippen molar-refractivity contribution >= 4 is 15.9 Å². The average molecular weight is 793 g/mol. The van der Waals surface area contributed by atoms with Crippen LogP contribution < -0.4 is 4.74 Å². The number of benzene rings is 4. The lowest BCUT2D eigenvalue weighted by Gasteiger charge is -2.24. The second-order valence-corrected chi connectivity index (χ2v) is 15.4. The lowest BCUT2D eigenvalue weighted by molar-refractivity contribution is 0.153. The molecule has 3 aliphatic heterocycles. The summed E-state index contributed by atoms with van der Waals surface area (Å²) in [4.78, 5) is 7.48. The number of hydrogen-bond acceptors (Lipinski definition) is 6. The SMILES string of the molecule is BrCC1CCCN1Cc1ccccc1.Cc1cc(OCC2CCCN2Cc2ccccc2)n(-c2ccccc2)n1.OCC1CCCN1Cc1ccccc1. The number of halogens is 1. The number of para-hydroxylation sites is 1. The van der Waals surface area contributed by atoms with Crippen molar-refractivity contribution in [3.05, 3.63) is 150 Å². The summed E-state index contributed by atoms with van der Waals surface area (Å²) in [5.41, 5.74) is 6.14. The van der Waals surface area contributed by atoms with Crippen LogP contribution in [0.2, 0.25) is 0 Å². The van der Waals surface area contributed by atoms with E-state index in [1.165, 1.54) is 55.3 Å². The lowest BCUT2D eigenvalue weighted by Crippen LogP contribution is -2.33. The molecule has 3 saturated heterocycles. The number of alkyl halides is 1. The molecule has 0 bridgehead atoms. The summed E-state index contributed by atoms with van der Waals surface area (Å²) in [6.45, 7) is 9.60. The fraction of sp³-hybridized carbons (Fsp3) is 0.413. The molecule has 8 rings (SSSR count). The molecule has 0 saturated carbocycles. The van der Waals surface area contributed by atoms with Gasteiger partial charge >= 0.3 is 0 Å². The molecule has 8 heteroatoms. The van der Waals surface area contributed by atoms with Crippen LogP contribution in [0.4, 0.5) is 0 Å². The maximum atomic E-state index is 9.17. The molecule has 286 valence electrons. The molecular formula is C46H58BrN5O2. The third-order valence-electron chi connectivity index (χ3n) is 10.8. The molecule has 4 aromatic carbocycles. The first-order valence-electron chi connectivity index (χ1n) is 19.8. The third-order valence-corrected chi connectivity index (χ3v) is 11.5. The van der Waals surface area contributed by atoms with Gasteiger partial charge in [0.15, 0.2) is 0 Å². The number of aryl methyl sites for hydroxylation is 1. The van der Waals surface area contributed by atoms with Crippen molar-refractivity contribution < 1.29 is 9.84 Å². The van der Waals surface area contributed by atoms with Gasteiger partial charge in [-0.3, -0.25) is 14.7 Å². The van der Waals surface area contributed by atoms with Gasteiger partial charge in [-0.05, 0) is 93.9 Å². The number of aliphatic hydroxyl groups excluding tert-OH is 1. The predicted octanol–water partition coefficient (Wildman–Crippen LogP) is 8.91. The highest BCUT2D eigenvalue weighted by Gasteiger charge is 2.26. The summed E-state index contributed by atoms with van der Waals surface area (Å²) >= 11 is 3.59. The van der Waals surface area contributed by atoms with Crippen molar-refractivity contribution in [2.75, 3.05) is 38.2 Å². The normalized spacial score (nSPS) is 20.2. The summed E-state index contributed by atoms with van der Waals surface area (Å²) in [7, 11) is 0. The van der Waals surface area contributed by atoms with Gasteiger partial charge in [0, 0.05) is 49.2 Å². The van der Waals surface area contributed by atoms with Crippen molar-refractivity contribution in [3.63, 3.8) is 0 Å². The third kappa shape index (κ3) is 11.9. The smallest absolute Gasteiger partial charge is 0.216 e. The number of rotatable bonds is 12. The zero-order chi connectivity index (χ0) is 37.4. The fourth-order valence-corrected chi connectivity index (χ4v) is 8.58. The molecule has 0 radical (unpaired) electrons. The Kier molecular flexibility index (Phi) is 15.8. The Hall–Kier alpha value is -3.79. The van der Waals surface area contributed by atoms with Crippen LogP contribution >= 0.6 is 15.9 Å². The zero-order valence-electron chi connectivity index (χ0n) is 31.9. The number of likely N-dealkylation sites (tertiary alicyclic amines) is 3. The van der Waals surface area contributed by atoms with Crippen LogP contribution in [0.1, 0.15) is 60.9 Å². The Morgan fingerprint density at radius 3 is 1.52 bits per heavy atom. The second-order valence-electron chi connectivity index (χ2n) is 14.8. The standard InChI is InChI=1S/C22H25N3O.C12H16BrN.C12H17NO/c1-18-15-22(25(23-18)20-11-6-3-7-12-20)26-17-21-13-8-14-24(21)16-19-9-4-2-5-10-19;13-9-12-7-4-8-14(12)10-11-5-2-1-3-6-11;14-10-12-7-4-8-13(12)9-11-5-2-1-3-6-11/h2-7,9-12,15,21H,8,13-14,16-17H2,1H3;1-3,5-6,12H,4,7-10H2;1-3,5-6,12,14H,4,7-10H2. The minimum absolute atomic E-state index is 0.298. The van der Waals surface area contributed by atoms with E-state index < -0.39 is 0 Å². The van der Waals surface area contributed by atoms with Gasteiger partial charge in [0.05, 0.1) is 18.0 Å². The van der Waals surface area contributed by atoms with Crippen LogP contribution in [0.5, 0.6) is 5.88 Å². The average Bonchev–Trinajstić information content (AvgIpc) is 4.04. The van der Waals surface area contributed by atoms with E-state index in [0.29, 0.717) is 25.3 Å². The van der Waals surface area contributed by atoms with Gasteiger partial charge in [0.1, 0.15) is 6.61 Å². The van der Waals surface area contributed by atoms with Crippen molar-refractivity contribution in [1.82, 2.24) is 24.5 Å². The van der Waals surface area contributed by atoms with Gasteiger partial charge < -0.3 is 9.84 Å². The van der Waals surface area contributed by atoms with Crippen molar-refractivity contribution in [2.45, 2.75) is 83.2 Å². The summed E-state index contributed by atoms with van der Waals surface area (Å²) in [5, 5.41) is 14.9. The van der Waals surface area contributed by atoms with E-state index in [4.69, 9.17) is 4.74 Å². The van der Waals surface area contributed by atoms with E-state index in [0.717, 1.165) is 67.8 Å². The molecule has 1 aromatic heterocycles. The number of nitrogens with zero attached hydrogens (tertiary/aromatic N) is 5. The van der Waals surface area contributed by atoms with Crippen LogP contribution in [0.3, 0.4) is 0 Å². The maximum absolute atomic E-state index is 9.17. The van der Waals surface area contributed by atoms with Crippen LogP contribution in [0, 0.1) is 6.92 Å². The van der Waals surface area contributed by atoms with E-state index in [9.17, 15) is 5.11 Å². The van der Waals surface area contributed by atoms with Crippen LogP contribution in [-0.4, -0.2) is 85.9 Å². The van der Waals surface area contributed by atoms with Gasteiger partial charge in [-0.25, -0.2) is 4.68 Å². The van der Waals surface area contributed by atoms with Crippen molar-refractivity contribution in [2.24, 2.45) is 0 Å². The minimum Gasteiger partial charge on any atom is -0.476 e. The lowest BCUT2D eigenvalue weighted by atomic mass is 10.2. The first kappa shape index (κ1) is 39.9. The molecule has 3 aliphatic rings. The topological polar surface area (TPSA) is 57.0 Å².